The summed E-state index contributed by atoms with van der Waals surface area (Å²) in [6, 6.07) is 0. The van der Waals surface area contributed by atoms with Crippen molar-refractivity contribution in [1.82, 2.24) is 0 Å². The van der Waals surface area contributed by atoms with E-state index in [-0.39, 0.29) is 0 Å². The number of hydrogen-bond donors (Lipinski definition) is 0. The SMILES string of the molecule is C/C=C/C=C(/[C]=O)C1CCCCC1. The molecule has 71 valence electrons. The zero-order valence-corrected chi connectivity index (χ0v) is 8.25. The fourth-order valence-corrected chi connectivity index (χ4v) is 1.87. The summed E-state index contributed by atoms with van der Waals surface area (Å²) >= 11 is 0. The second-order valence-electron chi connectivity index (χ2n) is 3.58. The molecule has 0 N–H and O–H groups in total. The molecule has 1 saturated carbocycles. The Morgan fingerprint density at radius 1 is 1.31 bits per heavy atom. The first-order valence-corrected chi connectivity index (χ1v) is 5.09. The molecule has 0 aromatic carbocycles. The van der Waals surface area contributed by atoms with Crippen molar-refractivity contribution in [2.45, 2.75) is 39.0 Å². The van der Waals surface area contributed by atoms with Crippen LogP contribution in [0.1, 0.15) is 39.0 Å². The van der Waals surface area contributed by atoms with Gasteiger partial charge < -0.3 is 0 Å². The monoisotopic (exact) mass is 177 g/mol. The fourth-order valence-electron chi connectivity index (χ4n) is 1.87. The standard InChI is InChI=1S/C12H17O/c1-2-3-7-12(10-13)11-8-5-4-6-9-11/h2-3,7,11H,4-6,8-9H2,1H3/b3-2+,12-7-. The minimum Gasteiger partial charge on any atom is -0.285 e. The molecule has 0 spiro atoms. The van der Waals surface area contributed by atoms with Gasteiger partial charge in [-0.15, -0.1) is 0 Å². The normalized spacial score (nSPS) is 20.8. The molecule has 1 rings (SSSR count). The van der Waals surface area contributed by atoms with Crippen molar-refractivity contribution in [3.63, 3.8) is 0 Å². The maximum atomic E-state index is 10.7. The largest absolute Gasteiger partial charge is 0.285 e. The van der Waals surface area contributed by atoms with Crippen LogP contribution in [0.3, 0.4) is 0 Å². The van der Waals surface area contributed by atoms with Gasteiger partial charge in [-0.05, 0) is 25.7 Å². The van der Waals surface area contributed by atoms with Gasteiger partial charge in [0.2, 0.25) is 6.29 Å². The molecule has 0 amide bonds. The molecular weight excluding hydrogens is 160 g/mol. The van der Waals surface area contributed by atoms with Crippen LogP contribution in [-0.2, 0) is 4.79 Å². The third-order valence-electron chi connectivity index (χ3n) is 2.63. The second kappa shape index (κ2) is 5.74. The zero-order valence-electron chi connectivity index (χ0n) is 8.25. The Balaban J connectivity index is 2.58. The molecule has 0 aliphatic heterocycles. The number of hydrogen-bond acceptors (Lipinski definition) is 1. The molecule has 0 aromatic heterocycles. The summed E-state index contributed by atoms with van der Waals surface area (Å²) in [5.41, 5.74) is 0.859. The maximum absolute atomic E-state index is 10.7. The first-order valence-electron chi connectivity index (χ1n) is 5.09. The summed E-state index contributed by atoms with van der Waals surface area (Å²) in [6.07, 6.45) is 14.0. The molecule has 1 heteroatoms. The molecule has 1 aliphatic rings. The van der Waals surface area contributed by atoms with Gasteiger partial charge in [-0.3, -0.25) is 4.79 Å². The molecule has 0 saturated heterocycles. The van der Waals surface area contributed by atoms with E-state index in [0.29, 0.717) is 5.92 Å². The Morgan fingerprint density at radius 2 is 2.00 bits per heavy atom. The predicted octanol–water partition coefficient (Wildman–Crippen LogP) is 3.18. The quantitative estimate of drug-likeness (QED) is 0.478. The van der Waals surface area contributed by atoms with E-state index in [9.17, 15) is 4.79 Å². The van der Waals surface area contributed by atoms with Crippen LogP contribution in [0.2, 0.25) is 0 Å². The Kier molecular flexibility index (Phi) is 4.52. The van der Waals surface area contributed by atoms with E-state index in [1.165, 1.54) is 32.1 Å². The molecule has 1 aliphatic carbocycles. The predicted molar refractivity (Wildman–Crippen MR) is 55.2 cm³/mol. The van der Waals surface area contributed by atoms with Crippen LogP contribution in [0.15, 0.2) is 23.8 Å². The van der Waals surface area contributed by atoms with Gasteiger partial charge >= 0.3 is 0 Å². The van der Waals surface area contributed by atoms with Gasteiger partial charge in [-0.2, -0.15) is 0 Å². The lowest BCUT2D eigenvalue weighted by molar-refractivity contribution is 0.408. The van der Waals surface area contributed by atoms with E-state index in [4.69, 9.17) is 0 Å². The van der Waals surface area contributed by atoms with Crippen molar-refractivity contribution in [2.24, 2.45) is 5.92 Å². The molecule has 13 heavy (non-hydrogen) atoms. The molecular formula is C12H17O. The zero-order chi connectivity index (χ0) is 9.52. The van der Waals surface area contributed by atoms with E-state index in [1.54, 1.807) is 0 Å². The maximum Gasteiger partial charge on any atom is 0.229 e. The van der Waals surface area contributed by atoms with Crippen LogP contribution in [0, 0.1) is 5.92 Å². The molecule has 0 aromatic rings. The summed E-state index contributed by atoms with van der Waals surface area (Å²) < 4.78 is 0. The van der Waals surface area contributed by atoms with E-state index < -0.39 is 0 Å². The molecule has 0 bridgehead atoms. The summed E-state index contributed by atoms with van der Waals surface area (Å²) in [6.45, 7) is 1.96. The Labute approximate surface area is 80.5 Å². The van der Waals surface area contributed by atoms with E-state index in [2.05, 4.69) is 6.29 Å². The van der Waals surface area contributed by atoms with Gasteiger partial charge in [0.25, 0.3) is 0 Å². The van der Waals surface area contributed by atoms with Crippen molar-refractivity contribution in [3.05, 3.63) is 23.8 Å². The molecule has 1 radical (unpaired) electrons. The van der Waals surface area contributed by atoms with Gasteiger partial charge in [0.1, 0.15) is 0 Å². The Hall–Kier alpha value is -0.850. The molecule has 1 fully saturated rings. The minimum atomic E-state index is 0.474. The summed E-state index contributed by atoms with van der Waals surface area (Å²) in [5.74, 6) is 0.474. The van der Waals surface area contributed by atoms with Crippen LogP contribution in [0.4, 0.5) is 0 Å². The number of rotatable bonds is 3. The van der Waals surface area contributed by atoms with Crippen LogP contribution in [0.5, 0.6) is 0 Å². The van der Waals surface area contributed by atoms with Gasteiger partial charge in [0.15, 0.2) is 0 Å². The van der Waals surface area contributed by atoms with E-state index >= 15 is 0 Å². The average molecular weight is 177 g/mol. The second-order valence-corrected chi connectivity index (χ2v) is 3.58. The lowest BCUT2D eigenvalue weighted by Gasteiger charge is -2.20. The minimum absolute atomic E-state index is 0.474. The van der Waals surface area contributed by atoms with Crippen LogP contribution in [0.25, 0.3) is 0 Å². The molecule has 1 nitrogen and oxygen atoms in total. The fraction of sp³-hybridized carbons (Fsp3) is 0.583. The Morgan fingerprint density at radius 3 is 2.54 bits per heavy atom. The highest BCUT2D eigenvalue weighted by Gasteiger charge is 2.16. The van der Waals surface area contributed by atoms with Crippen molar-refractivity contribution >= 4 is 6.29 Å². The lowest BCUT2D eigenvalue weighted by Crippen LogP contribution is -2.09. The average Bonchev–Trinajstić information content (AvgIpc) is 2.21. The highest BCUT2D eigenvalue weighted by molar-refractivity contribution is 5.75. The van der Waals surface area contributed by atoms with E-state index in [1.807, 2.05) is 25.2 Å². The molecule has 0 heterocycles. The highest BCUT2D eigenvalue weighted by Crippen LogP contribution is 2.28. The summed E-state index contributed by atoms with van der Waals surface area (Å²) in [4.78, 5) is 10.7. The van der Waals surface area contributed by atoms with Gasteiger partial charge in [-0.1, -0.05) is 37.5 Å². The first-order chi connectivity index (χ1) is 6.38. The van der Waals surface area contributed by atoms with Gasteiger partial charge in [0.05, 0.1) is 0 Å². The van der Waals surface area contributed by atoms with Crippen molar-refractivity contribution < 1.29 is 4.79 Å². The van der Waals surface area contributed by atoms with Crippen molar-refractivity contribution in [1.29, 1.82) is 0 Å². The van der Waals surface area contributed by atoms with Crippen LogP contribution >= 0.6 is 0 Å². The Bertz CT molecular complexity index is 207. The molecule has 0 atom stereocenters. The number of carbonyl (C=O) groups excluding carboxylic acids is 1. The van der Waals surface area contributed by atoms with Crippen LogP contribution < -0.4 is 0 Å². The van der Waals surface area contributed by atoms with E-state index in [0.717, 1.165) is 5.57 Å². The highest BCUT2D eigenvalue weighted by atomic mass is 16.1. The van der Waals surface area contributed by atoms with Crippen LogP contribution in [-0.4, -0.2) is 6.29 Å². The van der Waals surface area contributed by atoms with Crippen molar-refractivity contribution in [2.75, 3.05) is 0 Å². The summed E-state index contributed by atoms with van der Waals surface area (Å²) in [7, 11) is 0. The van der Waals surface area contributed by atoms with Gasteiger partial charge in [-0.25, -0.2) is 0 Å². The number of allylic oxidation sites excluding steroid dienone is 4. The topological polar surface area (TPSA) is 17.1 Å². The smallest absolute Gasteiger partial charge is 0.229 e. The van der Waals surface area contributed by atoms with Crippen molar-refractivity contribution in [3.8, 4) is 0 Å². The lowest BCUT2D eigenvalue weighted by atomic mass is 9.84. The first kappa shape index (κ1) is 10.2. The summed E-state index contributed by atoms with van der Waals surface area (Å²) in [5, 5.41) is 0. The molecule has 0 unspecified atom stereocenters. The third kappa shape index (κ3) is 3.17. The van der Waals surface area contributed by atoms with Gasteiger partial charge in [0, 0.05) is 5.57 Å². The third-order valence-corrected chi connectivity index (χ3v) is 2.63.